The van der Waals surface area contributed by atoms with Crippen molar-refractivity contribution in [3.63, 3.8) is 0 Å². The van der Waals surface area contributed by atoms with Crippen LogP contribution in [0.1, 0.15) is 20.8 Å². The van der Waals surface area contributed by atoms with E-state index in [2.05, 4.69) is 4.74 Å². The molecule has 0 saturated carbocycles. The van der Waals surface area contributed by atoms with E-state index in [-0.39, 0.29) is 0 Å². The van der Waals surface area contributed by atoms with Gasteiger partial charge in [0.05, 0.1) is 5.69 Å². The van der Waals surface area contributed by atoms with Gasteiger partial charge >= 0.3 is 6.16 Å². The zero-order valence-corrected chi connectivity index (χ0v) is 9.80. The average molecular weight is 232 g/mol. The number of nitrogens with two attached hydrogens (primary N) is 2. The lowest BCUT2D eigenvalue weighted by molar-refractivity contribution is 0.0150. The molecule has 0 amide bonds. The molecule has 5 N–H and O–H groups in total. The monoisotopic (exact) mass is 232 g/mol. The molecule has 0 aliphatic rings. The highest BCUT2D eigenvalue weighted by Crippen LogP contribution is 2.19. The van der Waals surface area contributed by atoms with Crippen LogP contribution in [0.2, 0.25) is 0 Å². The van der Waals surface area contributed by atoms with Gasteiger partial charge in [0, 0.05) is 0 Å². The van der Waals surface area contributed by atoms with E-state index in [4.69, 9.17) is 16.6 Å². The Morgan fingerprint density at radius 1 is 1.47 bits per heavy atom. The second kappa shape index (κ2) is 5.45. The molecule has 0 aliphatic carbocycles. The molecule has 0 spiro atoms. The first-order valence-electron chi connectivity index (χ1n) is 4.23. The fourth-order valence-corrected chi connectivity index (χ4v) is 1.16. The smallest absolute Gasteiger partial charge is 0.450 e. The maximum absolute atomic E-state index is 9.79. The SMILES string of the molecule is CC(C)(C)OC(=O)O.Nc1ccsc1N. The second-order valence-electron chi connectivity index (χ2n) is 3.72. The van der Waals surface area contributed by atoms with Crippen LogP contribution in [0, 0.1) is 0 Å². The zero-order valence-electron chi connectivity index (χ0n) is 8.98. The standard InChI is InChI=1S/C5H10O3.C4H6N2S/c1-5(2,3)8-4(6)7;5-3-1-2-7-4(3)6/h1-3H3,(H,6,7);1-2H,5-6H2. The minimum Gasteiger partial charge on any atom is -0.450 e. The van der Waals surface area contributed by atoms with Crippen molar-refractivity contribution in [1.29, 1.82) is 0 Å². The highest BCUT2D eigenvalue weighted by molar-refractivity contribution is 7.14. The van der Waals surface area contributed by atoms with Crippen molar-refractivity contribution in [3.8, 4) is 0 Å². The maximum Gasteiger partial charge on any atom is 0.506 e. The van der Waals surface area contributed by atoms with Crippen molar-refractivity contribution in [2.75, 3.05) is 11.5 Å². The third kappa shape index (κ3) is 7.63. The average Bonchev–Trinajstić information content (AvgIpc) is 2.31. The molecule has 0 bridgehead atoms. The number of nitrogen functional groups attached to an aromatic ring is 2. The van der Waals surface area contributed by atoms with E-state index >= 15 is 0 Å². The van der Waals surface area contributed by atoms with Crippen LogP contribution in [0.4, 0.5) is 15.5 Å². The predicted molar refractivity (Wildman–Crippen MR) is 62.0 cm³/mol. The summed E-state index contributed by atoms with van der Waals surface area (Å²) in [7, 11) is 0. The number of hydrogen-bond donors (Lipinski definition) is 3. The zero-order chi connectivity index (χ0) is 12.1. The van der Waals surface area contributed by atoms with Crippen molar-refractivity contribution in [2.24, 2.45) is 0 Å². The number of rotatable bonds is 0. The van der Waals surface area contributed by atoms with Crippen LogP contribution in [-0.4, -0.2) is 16.9 Å². The minimum absolute atomic E-state index is 0.578. The highest BCUT2D eigenvalue weighted by Gasteiger charge is 2.13. The van der Waals surface area contributed by atoms with Crippen LogP contribution in [0.25, 0.3) is 0 Å². The van der Waals surface area contributed by atoms with Crippen molar-refractivity contribution in [1.82, 2.24) is 0 Å². The molecule has 0 saturated heterocycles. The van der Waals surface area contributed by atoms with Crippen LogP contribution in [0.3, 0.4) is 0 Å². The van der Waals surface area contributed by atoms with Gasteiger partial charge in [-0.2, -0.15) is 0 Å². The van der Waals surface area contributed by atoms with E-state index < -0.39 is 11.8 Å². The van der Waals surface area contributed by atoms with E-state index in [1.165, 1.54) is 11.3 Å². The molecular weight excluding hydrogens is 216 g/mol. The molecule has 86 valence electrons. The molecule has 5 nitrogen and oxygen atoms in total. The van der Waals surface area contributed by atoms with Crippen molar-refractivity contribution in [2.45, 2.75) is 26.4 Å². The Balaban J connectivity index is 0.000000262. The molecule has 0 unspecified atom stereocenters. The molecule has 15 heavy (non-hydrogen) atoms. The summed E-state index contributed by atoms with van der Waals surface area (Å²) in [6, 6.07) is 1.79. The molecule has 0 atom stereocenters. The molecule has 1 heterocycles. The van der Waals surface area contributed by atoms with Crippen LogP contribution in [0.5, 0.6) is 0 Å². The first kappa shape index (κ1) is 13.6. The molecule has 1 rings (SSSR count). The third-order valence-electron chi connectivity index (χ3n) is 1.12. The van der Waals surface area contributed by atoms with Crippen LogP contribution in [0.15, 0.2) is 11.4 Å². The summed E-state index contributed by atoms with van der Waals surface area (Å²) in [5.74, 6) is 0. The third-order valence-corrected chi connectivity index (χ3v) is 1.88. The van der Waals surface area contributed by atoms with Gasteiger partial charge in [0.15, 0.2) is 0 Å². The van der Waals surface area contributed by atoms with E-state index in [9.17, 15) is 4.79 Å². The van der Waals surface area contributed by atoms with Crippen molar-refractivity contribution in [3.05, 3.63) is 11.4 Å². The fraction of sp³-hybridized carbons (Fsp3) is 0.444. The minimum atomic E-state index is -1.22. The van der Waals surface area contributed by atoms with E-state index in [1.807, 2.05) is 5.38 Å². The van der Waals surface area contributed by atoms with Crippen LogP contribution in [-0.2, 0) is 4.74 Å². The van der Waals surface area contributed by atoms with Crippen LogP contribution >= 0.6 is 11.3 Å². The van der Waals surface area contributed by atoms with Crippen molar-refractivity contribution >= 4 is 28.2 Å². The summed E-state index contributed by atoms with van der Waals surface area (Å²) in [6.07, 6.45) is -1.22. The van der Waals surface area contributed by atoms with Gasteiger partial charge in [0.25, 0.3) is 0 Å². The number of anilines is 2. The normalized spacial score (nSPS) is 10.1. The molecule has 1 aromatic rings. The van der Waals surface area contributed by atoms with Gasteiger partial charge in [-0.15, -0.1) is 11.3 Å². The molecule has 0 fully saturated rings. The Morgan fingerprint density at radius 2 is 2.00 bits per heavy atom. The summed E-state index contributed by atoms with van der Waals surface area (Å²) >= 11 is 1.46. The summed E-state index contributed by atoms with van der Waals surface area (Å²) in [5.41, 5.74) is 10.8. The Morgan fingerprint density at radius 3 is 2.07 bits per heavy atom. The lowest BCUT2D eigenvalue weighted by atomic mass is 10.2. The van der Waals surface area contributed by atoms with E-state index in [0.717, 1.165) is 0 Å². The van der Waals surface area contributed by atoms with Gasteiger partial charge < -0.3 is 21.3 Å². The molecule has 0 aliphatic heterocycles. The largest absolute Gasteiger partial charge is 0.506 e. The fourth-order valence-electron chi connectivity index (χ4n) is 0.593. The summed E-state index contributed by atoms with van der Waals surface area (Å²) in [4.78, 5) is 9.79. The quantitative estimate of drug-likeness (QED) is 0.596. The molecule has 6 heteroatoms. The van der Waals surface area contributed by atoms with Gasteiger partial charge in [0.1, 0.15) is 10.6 Å². The van der Waals surface area contributed by atoms with Gasteiger partial charge in [-0.3, -0.25) is 0 Å². The maximum atomic E-state index is 9.79. The Kier molecular flexibility index (Phi) is 4.93. The van der Waals surface area contributed by atoms with Crippen molar-refractivity contribution < 1.29 is 14.6 Å². The van der Waals surface area contributed by atoms with Gasteiger partial charge in [-0.25, -0.2) is 4.79 Å². The molecule has 1 aromatic heterocycles. The van der Waals surface area contributed by atoms with E-state index in [1.54, 1.807) is 26.8 Å². The van der Waals surface area contributed by atoms with E-state index in [0.29, 0.717) is 10.7 Å². The first-order valence-corrected chi connectivity index (χ1v) is 5.10. The number of hydrogen-bond acceptors (Lipinski definition) is 5. The Labute approximate surface area is 92.7 Å². The lowest BCUT2D eigenvalue weighted by Crippen LogP contribution is -2.22. The predicted octanol–water partition coefficient (Wildman–Crippen LogP) is 2.39. The van der Waals surface area contributed by atoms with Gasteiger partial charge in [-0.1, -0.05) is 0 Å². The summed E-state index contributed by atoms with van der Waals surface area (Å²) < 4.78 is 4.35. The number of carboxylic acid groups (broad SMARTS) is 1. The van der Waals surface area contributed by atoms with Crippen LogP contribution < -0.4 is 11.5 Å². The molecule has 0 radical (unpaired) electrons. The number of thiophene rings is 1. The van der Waals surface area contributed by atoms with Gasteiger partial charge in [0.2, 0.25) is 0 Å². The number of ether oxygens (including phenoxy) is 1. The summed E-state index contributed by atoms with van der Waals surface area (Å²) in [5, 5.41) is 10.6. The topological polar surface area (TPSA) is 98.6 Å². The molecule has 0 aromatic carbocycles. The molecular formula is C9H16N2O3S. The number of carbonyl (C=O) groups is 1. The lowest BCUT2D eigenvalue weighted by Gasteiger charge is -2.15. The van der Waals surface area contributed by atoms with Gasteiger partial charge in [-0.05, 0) is 32.2 Å². The highest BCUT2D eigenvalue weighted by atomic mass is 32.1. The summed E-state index contributed by atoms with van der Waals surface area (Å²) in [6.45, 7) is 5.04. The Bertz CT molecular complexity index is 301. The Hall–Kier alpha value is -1.43. The first-order chi connectivity index (χ1) is 6.72. The second-order valence-corrected chi connectivity index (χ2v) is 4.67.